The first-order valence-electron chi connectivity index (χ1n) is 19.1. The summed E-state index contributed by atoms with van der Waals surface area (Å²) in [5, 5.41) is 21.1. The van der Waals surface area contributed by atoms with Gasteiger partial charge in [-0.1, -0.05) is 23.2 Å². The van der Waals surface area contributed by atoms with E-state index in [-0.39, 0.29) is 63.2 Å². The van der Waals surface area contributed by atoms with Crippen LogP contribution in [-0.4, -0.2) is 42.3 Å². The summed E-state index contributed by atoms with van der Waals surface area (Å²) in [5.74, 6) is 1.63. The van der Waals surface area contributed by atoms with Gasteiger partial charge in [0, 0.05) is 11.1 Å². The Hall–Kier alpha value is -2.38. The summed E-state index contributed by atoms with van der Waals surface area (Å²) in [6.45, 7) is 0.157. The van der Waals surface area contributed by atoms with Gasteiger partial charge in [0.05, 0.1) is 43.5 Å². The minimum atomic E-state index is -2.66. The molecule has 0 radical (unpaired) electrons. The zero-order valence-electron chi connectivity index (χ0n) is 31.0. The van der Waals surface area contributed by atoms with E-state index in [2.05, 4.69) is 0 Å². The summed E-state index contributed by atoms with van der Waals surface area (Å²) >= 11 is 12.2. The molecule has 0 amide bonds. The average molecular weight is 660 g/mol. The Balaban J connectivity index is 1.01. The van der Waals surface area contributed by atoms with Crippen LogP contribution in [0.15, 0.2) is 47.5 Å². The molecule has 2 aromatic rings. The van der Waals surface area contributed by atoms with Gasteiger partial charge >= 0.3 is 0 Å². The van der Waals surface area contributed by atoms with Crippen molar-refractivity contribution in [3.63, 3.8) is 0 Å². The van der Waals surface area contributed by atoms with Gasteiger partial charge in [0.2, 0.25) is 0 Å². The number of methoxy groups -OCH3 is 2. The molecule has 8 aliphatic carbocycles. The molecule has 4 unspecified atom stereocenters. The summed E-state index contributed by atoms with van der Waals surface area (Å²) in [4.78, 5) is 0. The average Bonchev–Trinajstić information content (AvgIpc) is 3.00. The Morgan fingerprint density at radius 3 is 1.44 bits per heavy atom. The monoisotopic (exact) mass is 658 g/mol. The topological polar surface area (TPSA) is 77.4 Å². The van der Waals surface area contributed by atoms with Gasteiger partial charge in [-0.05, 0) is 147 Å². The SMILES string of the molecule is [2H]C([2H])([2H])OC(=C1C2CC3CC1CC(OCOC14CC5CC(C1)C(=C(OC([2H])([2H])[2H])c1ccc(Cl)c(O)c1)C(C5)C4)(C3)C2)c1ccc(Cl)c(O)c1. The van der Waals surface area contributed by atoms with Crippen molar-refractivity contribution in [2.75, 3.05) is 20.9 Å². The molecule has 8 saturated carbocycles. The number of hydrogen-bond donors (Lipinski definition) is 2. The summed E-state index contributed by atoms with van der Waals surface area (Å²) in [6, 6.07) is 9.47. The van der Waals surface area contributed by atoms with Crippen LogP contribution in [0.3, 0.4) is 0 Å². The van der Waals surface area contributed by atoms with E-state index in [4.69, 9.17) is 50.4 Å². The van der Waals surface area contributed by atoms with Crippen LogP contribution in [0.4, 0.5) is 0 Å². The molecule has 8 bridgehead atoms. The highest BCUT2D eigenvalue weighted by Crippen LogP contribution is 2.63. The maximum atomic E-state index is 10.4. The number of aromatic hydroxyl groups is 2. The van der Waals surface area contributed by atoms with E-state index >= 15 is 0 Å². The predicted octanol–water partition coefficient (Wildman–Crippen LogP) is 8.97. The van der Waals surface area contributed by atoms with Crippen molar-refractivity contribution in [1.29, 1.82) is 0 Å². The van der Waals surface area contributed by atoms with Gasteiger partial charge in [-0.25, -0.2) is 0 Å². The third-order valence-electron chi connectivity index (χ3n) is 11.9. The number of benzene rings is 2. The minimum absolute atomic E-state index is 0.0858. The van der Waals surface area contributed by atoms with Gasteiger partial charge in [0.1, 0.15) is 29.8 Å². The van der Waals surface area contributed by atoms with Gasteiger partial charge in [-0.15, -0.1) is 0 Å². The first kappa shape index (κ1) is 23.9. The third-order valence-corrected chi connectivity index (χ3v) is 12.5. The number of allylic oxidation sites excluding steroid dienone is 2. The fraction of sp³-hybridized carbons (Fsp3) is 0.568. The van der Waals surface area contributed by atoms with Crippen molar-refractivity contribution in [2.45, 2.75) is 75.4 Å². The number of phenolic OH excluding ortho intramolecular Hbond substituents is 2. The van der Waals surface area contributed by atoms with E-state index in [1.807, 2.05) is 0 Å². The van der Waals surface area contributed by atoms with E-state index < -0.39 is 14.1 Å². The van der Waals surface area contributed by atoms with Gasteiger partial charge < -0.3 is 29.2 Å². The van der Waals surface area contributed by atoms with E-state index in [1.54, 1.807) is 24.3 Å². The Bertz CT molecular complexity index is 1630. The molecule has 6 nitrogen and oxygen atoms in total. The van der Waals surface area contributed by atoms with Crippen LogP contribution in [0, 0.1) is 35.5 Å². The molecular formula is C37H42Cl2O6. The van der Waals surface area contributed by atoms with Crippen LogP contribution < -0.4 is 0 Å². The predicted molar refractivity (Wildman–Crippen MR) is 174 cm³/mol. The molecule has 0 saturated heterocycles. The number of hydrogen-bond acceptors (Lipinski definition) is 6. The third kappa shape index (κ3) is 5.06. The highest BCUT2D eigenvalue weighted by atomic mass is 35.5. The zero-order valence-corrected chi connectivity index (χ0v) is 26.5. The number of ether oxygens (including phenoxy) is 4. The molecule has 45 heavy (non-hydrogen) atoms. The number of halogens is 2. The minimum Gasteiger partial charge on any atom is -0.506 e. The lowest BCUT2D eigenvalue weighted by Crippen LogP contribution is -2.55. The van der Waals surface area contributed by atoms with E-state index in [1.165, 1.54) is 12.1 Å². The maximum absolute atomic E-state index is 10.4. The molecule has 0 heterocycles. The summed E-state index contributed by atoms with van der Waals surface area (Å²) in [7, 11) is -5.31. The molecule has 2 N–H and O–H groups in total. The lowest BCUT2D eigenvalue weighted by Gasteiger charge is -2.59. The Morgan fingerprint density at radius 2 is 1.09 bits per heavy atom. The zero-order chi connectivity index (χ0) is 36.1. The highest BCUT2D eigenvalue weighted by molar-refractivity contribution is 6.32. The fourth-order valence-electron chi connectivity index (χ4n) is 10.7. The van der Waals surface area contributed by atoms with Gasteiger partial charge in [-0.2, -0.15) is 0 Å². The van der Waals surface area contributed by atoms with Crippen molar-refractivity contribution < 1.29 is 37.4 Å². The number of rotatable bonds is 8. The van der Waals surface area contributed by atoms with E-state index in [9.17, 15) is 10.2 Å². The summed E-state index contributed by atoms with van der Waals surface area (Å²) < 4.78 is 72.4. The standard InChI is InChI=1S/C37H42Cl2O6/c1-42-34(22-3-5-28(38)30(40)11-22)32-24-7-20-8-25(32)16-36(13-20,15-24)44-19-45-37-14-21-9-26(17-37)33(27(10-21)18-37)35(43-2)23-4-6-29(39)31(41)12-23/h3-6,11-12,20-21,24-27,40-41H,7-10,13-19H2,1-2H3/i1D3,2D3. The molecule has 240 valence electrons. The molecular weight excluding hydrogens is 611 g/mol. The lowest BCUT2D eigenvalue weighted by atomic mass is 9.51. The molecule has 10 rings (SSSR count). The van der Waals surface area contributed by atoms with Crippen LogP contribution in [0.5, 0.6) is 11.5 Å². The molecule has 2 aromatic carbocycles. The summed E-state index contributed by atoms with van der Waals surface area (Å²) in [6.07, 6.45) is 8.56. The quantitative estimate of drug-likeness (QED) is 0.218. The van der Waals surface area contributed by atoms with Crippen LogP contribution in [0.2, 0.25) is 10.0 Å². The van der Waals surface area contributed by atoms with Crippen LogP contribution in [0.1, 0.15) is 83.6 Å². The van der Waals surface area contributed by atoms with E-state index in [0.717, 1.165) is 75.4 Å². The van der Waals surface area contributed by atoms with Gasteiger partial charge in [0.15, 0.2) is 0 Å². The van der Waals surface area contributed by atoms with Crippen LogP contribution >= 0.6 is 23.2 Å². The molecule has 8 fully saturated rings. The smallest absolute Gasteiger partial charge is 0.148 e. The number of phenols is 2. The second-order valence-corrected chi connectivity index (χ2v) is 15.4. The molecule has 4 atom stereocenters. The van der Waals surface area contributed by atoms with Crippen LogP contribution in [-0.2, 0) is 18.9 Å². The molecule has 0 spiro atoms. The summed E-state index contributed by atoms with van der Waals surface area (Å²) in [5.41, 5.74) is 2.24. The molecule has 0 aliphatic heterocycles. The second-order valence-electron chi connectivity index (χ2n) is 14.6. The fourth-order valence-corrected chi connectivity index (χ4v) is 10.9. The molecule has 0 aromatic heterocycles. The molecule has 8 aliphatic rings. The first-order chi connectivity index (χ1) is 24.0. The largest absolute Gasteiger partial charge is 0.506 e. The maximum Gasteiger partial charge on any atom is 0.148 e. The molecule has 8 heteroatoms. The van der Waals surface area contributed by atoms with Crippen molar-refractivity contribution in [3.8, 4) is 11.5 Å². The van der Waals surface area contributed by atoms with Crippen molar-refractivity contribution in [2.24, 2.45) is 35.5 Å². The Labute approximate surface area is 283 Å². The van der Waals surface area contributed by atoms with Crippen LogP contribution in [0.25, 0.3) is 11.5 Å². The lowest BCUT2D eigenvalue weighted by molar-refractivity contribution is -0.250. The normalized spacial score (nSPS) is 38.2. The second kappa shape index (κ2) is 11.1. The highest BCUT2D eigenvalue weighted by Gasteiger charge is 2.57. The van der Waals surface area contributed by atoms with E-state index in [0.29, 0.717) is 34.5 Å². The Morgan fingerprint density at radius 1 is 0.689 bits per heavy atom. The first-order valence-corrected chi connectivity index (χ1v) is 16.9. The Kier molecular flexibility index (Phi) is 5.89. The van der Waals surface area contributed by atoms with Crippen molar-refractivity contribution in [1.82, 2.24) is 0 Å². The van der Waals surface area contributed by atoms with Gasteiger partial charge in [-0.3, -0.25) is 0 Å². The van der Waals surface area contributed by atoms with Crippen molar-refractivity contribution >= 4 is 34.7 Å². The van der Waals surface area contributed by atoms with Crippen molar-refractivity contribution in [3.05, 3.63) is 68.7 Å². The van der Waals surface area contributed by atoms with Gasteiger partial charge in [0.25, 0.3) is 0 Å².